The van der Waals surface area contributed by atoms with E-state index in [1.807, 2.05) is 0 Å². The zero-order chi connectivity index (χ0) is 31.4. The standard InChI is InChI=1S/C29H32O14/c1-16(30)41-24-23(34)22(33)19(15-40-27(36)29(38)13-7-5-11-21(29)32)43-25(24)42-18-9-3-2-8-17(18)14-39-26(35)28(37)12-6-4-10-20(28)31/h2-3,6-9,12-13,19,22-25,33-34,37-38H,4-5,10-11,14-15H2,1H3/t19-,22-,23+,24-,25-,28?,29?/m1/s1. The van der Waals surface area contributed by atoms with Crippen molar-refractivity contribution in [3.8, 4) is 5.75 Å². The van der Waals surface area contributed by atoms with E-state index in [1.54, 1.807) is 12.1 Å². The number of ether oxygens (including phenoxy) is 5. The number of aliphatic hydroxyl groups excluding tert-OH is 2. The summed E-state index contributed by atoms with van der Waals surface area (Å²) in [6, 6.07) is 6.05. The maximum absolute atomic E-state index is 12.6. The first kappa shape index (κ1) is 32.0. The number of benzene rings is 1. The zero-order valence-corrected chi connectivity index (χ0v) is 23.1. The number of esters is 3. The maximum atomic E-state index is 12.6. The fourth-order valence-corrected chi connectivity index (χ4v) is 4.71. The van der Waals surface area contributed by atoms with Crippen LogP contribution in [0.15, 0.2) is 48.6 Å². The molecule has 1 heterocycles. The Bertz CT molecular complexity index is 1320. The first-order valence-corrected chi connectivity index (χ1v) is 13.5. The minimum absolute atomic E-state index is 0.0153. The molecule has 232 valence electrons. The van der Waals surface area contributed by atoms with Crippen molar-refractivity contribution >= 4 is 29.5 Å². The maximum Gasteiger partial charge on any atom is 0.350 e. The molecule has 0 bridgehead atoms. The van der Waals surface area contributed by atoms with Crippen molar-refractivity contribution in [2.45, 2.75) is 81.1 Å². The van der Waals surface area contributed by atoms with Crippen LogP contribution in [0.4, 0.5) is 0 Å². The van der Waals surface area contributed by atoms with E-state index in [4.69, 9.17) is 23.7 Å². The van der Waals surface area contributed by atoms with Gasteiger partial charge in [0.25, 0.3) is 0 Å². The van der Waals surface area contributed by atoms with Crippen molar-refractivity contribution in [2.75, 3.05) is 6.61 Å². The lowest BCUT2D eigenvalue weighted by molar-refractivity contribution is -0.283. The summed E-state index contributed by atoms with van der Waals surface area (Å²) < 4.78 is 27.0. The number of Topliss-reactive ketones (excluding diaryl/α,β-unsaturated/α-hetero) is 2. The number of hydrogen-bond donors (Lipinski definition) is 4. The van der Waals surface area contributed by atoms with Gasteiger partial charge in [-0.05, 0) is 31.1 Å². The second-order valence-electron chi connectivity index (χ2n) is 10.3. The van der Waals surface area contributed by atoms with Crippen LogP contribution in [0.5, 0.6) is 5.75 Å². The van der Waals surface area contributed by atoms with Crippen LogP contribution < -0.4 is 4.74 Å². The van der Waals surface area contributed by atoms with Crippen LogP contribution in [-0.2, 0) is 49.5 Å². The van der Waals surface area contributed by atoms with E-state index in [0.29, 0.717) is 12.8 Å². The van der Waals surface area contributed by atoms with Crippen LogP contribution in [0.1, 0.15) is 38.2 Å². The van der Waals surface area contributed by atoms with Crippen molar-refractivity contribution in [3.05, 3.63) is 54.1 Å². The van der Waals surface area contributed by atoms with E-state index in [2.05, 4.69) is 0 Å². The molecule has 14 nitrogen and oxygen atoms in total. The Morgan fingerprint density at radius 1 is 0.907 bits per heavy atom. The summed E-state index contributed by atoms with van der Waals surface area (Å²) in [5.41, 5.74) is -4.70. The van der Waals surface area contributed by atoms with E-state index in [-0.39, 0.29) is 24.2 Å². The number of hydrogen-bond acceptors (Lipinski definition) is 14. The molecule has 4 rings (SSSR count). The number of para-hydroxylation sites is 1. The van der Waals surface area contributed by atoms with E-state index in [0.717, 1.165) is 19.1 Å². The Kier molecular flexibility index (Phi) is 9.77. The highest BCUT2D eigenvalue weighted by molar-refractivity contribution is 6.10. The molecule has 1 aromatic carbocycles. The van der Waals surface area contributed by atoms with Crippen molar-refractivity contribution in [1.29, 1.82) is 0 Å². The van der Waals surface area contributed by atoms with Gasteiger partial charge in [-0.3, -0.25) is 14.4 Å². The molecule has 43 heavy (non-hydrogen) atoms. The number of carbonyl (C=O) groups excluding carboxylic acids is 5. The van der Waals surface area contributed by atoms with Crippen molar-refractivity contribution in [3.63, 3.8) is 0 Å². The Balaban J connectivity index is 1.49. The van der Waals surface area contributed by atoms with Crippen LogP contribution in [0.25, 0.3) is 0 Å². The summed E-state index contributed by atoms with van der Waals surface area (Å²) in [6.07, 6.45) is -2.56. The molecule has 0 saturated carbocycles. The Morgan fingerprint density at radius 3 is 2.07 bits per heavy atom. The van der Waals surface area contributed by atoms with Gasteiger partial charge < -0.3 is 44.1 Å². The van der Waals surface area contributed by atoms with Crippen molar-refractivity contribution in [2.24, 2.45) is 0 Å². The molecule has 0 aromatic heterocycles. The molecule has 0 amide bonds. The normalized spacial score (nSPS) is 32.2. The fourth-order valence-electron chi connectivity index (χ4n) is 4.71. The monoisotopic (exact) mass is 604 g/mol. The molecule has 14 heteroatoms. The molecule has 1 saturated heterocycles. The van der Waals surface area contributed by atoms with Gasteiger partial charge in [-0.1, -0.05) is 30.4 Å². The quantitative estimate of drug-likeness (QED) is 0.119. The van der Waals surface area contributed by atoms with E-state index in [9.17, 15) is 44.4 Å². The number of carbonyl (C=O) groups is 5. The van der Waals surface area contributed by atoms with E-state index >= 15 is 0 Å². The predicted octanol–water partition coefficient (Wildman–Crippen LogP) is -0.669. The topological polar surface area (TPSA) is 212 Å². The number of aliphatic hydroxyl groups is 4. The molecule has 3 aliphatic rings. The first-order chi connectivity index (χ1) is 20.4. The number of allylic oxidation sites excluding steroid dienone is 2. The van der Waals surface area contributed by atoms with Gasteiger partial charge in [-0.25, -0.2) is 9.59 Å². The highest BCUT2D eigenvalue weighted by atomic mass is 16.7. The molecule has 1 aliphatic heterocycles. The van der Waals surface area contributed by atoms with Gasteiger partial charge in [0.2, 0.25) is 17.5 Å². The van der Waals surface area contributed by atoms with Crippen LogP contribution in [0, 0.1) is 0 Å². The molecule has 2 aliphatic carbocycles. The summed E-state index contributed by atoms with van der Waals surface area (Å²) in [5, 5.41) is 42.4. The first-order valence-electron chi connectivity index (χ1n) is 13.5. The molecule has 4 N–H and O–H groups in total. The average molecular weight is 605 g/mol. The molecule has 1 fully saturated rings. The molecule has 0 radical (unpaired) electrons. The van der Waals surface area contributed by atoms with Crippen LogP contribution in [-0.4, -0.2) is 98.4 Å². The molecule has 2 unspecified atom stereocenters. The molecule has 0 spiro atoms. The van der Waals surface area contributed by atoms with Gasteiger partial charge in [0.05, 0.1) is 0 Å². The van der Waals surface area contributed by atoms with Gasteiger partial charge >= 0.3 is 17.9 Å². The Labute approximate surface area is 245 Å². The zero-order valence-electron chi connectivity index (χ0n) is 23.1. The molecule has 1 aromatic rings. The SMILES string of the molecule is CC(=O)O[C@H]1[C@H](Oc2ccccc2COC(=O)C2(O)C=CCCC2=O)O[C@H](COC(=O)C2(O)C=CCCC2=O)[C@@H](O)[C@@H]1O. The molecular formula is C29H32O14. The summed E-state index contributed by atoms with van der Waals surface area (Å²) in [5.74, 6) is -4.80. The third kappa shape index (κ3) is 6.84. The van der Waals surface area contributed by atoms with Crippen LogP contribution in [0.3, 0.4) is 0 Å². The third-order valence-electron chi connectivity index (χ3n) is 7.17. The summed E-state index contributed by atoms with van der Waals surface area (Å²) in [4.78, 5) is 61.1. The molecule has 7 atom stereocenters. The van der Waals surface area contributed by atoms with E-state index < -0.39 is 84.6 Å². The van der Waals surface area contributed by atoms with Crippen LogP contribution in [0.2, 0.25) is 0 Å². The Hall–Kier alpha value is -3.95. The smallest absolute Gasteiger partial charge is 0.350 e. The summed E-state index contributed by atoms with van der Waals surface area (Å²) in [7, 11) is 0. The van der Waals surface area contributed by atoms with Gasteiger partial charge in [0, 0.05) is 25.3 Å². The third-order valence-corrected chi connectivity index (χ3v) is 7.17. The van der Waals surface area contributed by atoms with Crippen LogP contribution >= 0.6 is 0 Å². The second kappa shape index (κ2) is 13.1. The lowest BCUT2D eigenvalue weighted by Crippen LogP contribution is -2.61. The van der Waals surface area contributed by atoms with Crippen molar-refractivity contribution < 1.29 is 68.1 Å². The summed E-state index contributed by atoms with van der Waals surface area (Å²) >= 11 is 0. The fraction of sp³-hybridized carbons (Fsp3) is 0.483. The largest absolute Gasteiger partial charge is 0.460 e. The number of rotatable bonds is 9. The lowest BCUT2D eigenvalue weighted by atomic mass is 9.90. The number of ketones is 2. The van der Waals surface area contributed by atoms with E-state index in [1.165, 1.54) is 24.3 Å². The highest BCUT2D eigenvalue weighted by Crippen LogP contribution is 2.30. The minimum Gasteiger partial charge on any atom is -0.460 e. The second-order valence-corrected chi connectivity index (χ2v) is 10.3. The van der Waals surface area contributed by atoms with Gasteiger partial charge in [0.15, 0.2) is 17.7 Å². The average Bonchev–Trinajstić information content (AvgIpc) is 2.98. The highest BCUT2D eigenvalue weighted by Gasteiger charge is 2.50. The predicted molar refractivity (Wildman–Crippen MR) is 141 cm³/mol. The lowest BCUT2D eigenvalue weighted by Gasteiger charge is -2.41. The van der Waals surface area contributed by atoms with Gasteiger partial charge in [-0.15, -0.1) is 0 Å². The minimum atomic E-state index is -2.51. The Morgan fingerprint density at radius 2 is 1.49 bits per heavy atom. The summed E-state index contributed by atoms with van der Waals surface area (Å²) in [6.45, 7) is -0.138. The molecular weight excluding hydrogens is 572 g/mol. The van der Waals surface area contributed by atoms with Gasteiger partial charge in [-0.2, -0.15) is 0 Å². The van der Waals surface area contributed by atoms with Gasteiger partial charge in [0.1, 0.15) is 37.3 Å². The van der Waals surface area contributed by atoms with Crippen molar-refractivity contribution in [1.82, 2.24) is 0 Å².